The number of hydrogen-bond donors (Lipinski definition) is 0. The third-order valence-electron chi connectivity index (χ3n) is 4.66. The average Bonchev–Trinajstić information content (AvgIpc) is 3.09. The molecule has 4 rings (SSSR count). The normalized spacial score (nSPS) is 15.2. The van der Waals surface area contributed by atoms with Crippen molar-refractivity contribution in [3.05, 3.63) is 47.7 Å². The van der Waals surface area contributed by atoms with E-state index in [4.69, 9.17) is 4.98 Å². The fraction of sp³-hybridized carbons (Fsp3) is 0.421. The molecular weight excluding hydrogens is 366 g/mol. The highest BCUT2D eigenvalue weighted by Crippen LogP contribution is 2.22. The maximum atomic E-state index is 4.72. The summed E-state index contributed by atoms with van der Waals surface area (Å²) in [7, 11) is 0. The molecule has 0 unspecified atom stereocenters. The van der Waals surface area contributed by atoms with E-state index in [1.165, 1.54) is 29.1 Å². The number of benzene rings is 1. The second-order valence-electron chi connectivity index (χ2n) is 6.41. The summed E-state index contributed by atoms with van der Waals surface area (Å²) >= 11 is 1.84. The van der Waals surface area contributed by atoms with Gasteiger partial charge in [0.15, 0.2) is 0 Å². The third kappa shape index (κ3) is 4.69. The molecule has 1 saturated heterocycles. The van der Waals surface area contributed by atoms with Crippen LogP contribution in [0.1, 0.15) is 17.8 Å². The van der Waals surface area contributed by atoms with E-state index in [0.717, 1.165) is 44.1 Å². The third-order valence-corrected chi connectivity index (χ3v) is 5.76. The topological polar surface area (TPSA) is 45.2 Å². The molecule has 138 valence electrons. The van der Waals surface area contributed by atoms with Gasteiger partial charge in [-0.05, 0) is 44.0 Å². The van der Waals surface area contributed by atoms with Crippen molar-refractivity contribution in [1.82, 2.24) is 19.9 Å². The Morgan fingerprint density at radius 3 is 2.46 bits per heavy atom. The van der Waals surface area contributed by atoms with Crippen LogP contribution < -0.4 is 4.90 Å². The zero-order valence-corrected chi connectivity index (χ0v) is 16.4. The smallest absolute Gasteiger partial charge is 0.225 e. The molecule has 26 heavy (non-hydrogen) atoms. The molecule has 3 heterocycles. The number of thiazole rings is 1. The minimum absolute atomic E-state index is 0. The summed E-state index contributed by atoms with van der Waals surface area (Å²) in [6, 6.07) is 10.3. The Labute approximate surface area is 164 Å². The molecule has 1 aliphatic heterocycles. The Morgan fingerprint density at radius 2 is 1.69 bits per heavy atom. The van der Waals surface area contributed by atoms with E-state index in [1.54, 1.807) is 0 Å². The summed E-state index contributed by atoms with van der Waals surface area (Å²) in [4.78, 5) is 18.2. The quantitative estimate of drug-likeness (QED) is 0.602. The maximum absolute atomic E-state index is 4.72. The van der Waals surface area contributed by atoms with Crippen LogP contribution in [0, 0.1) is 0 Å². The molecule has 0 saturated carbocycles. The lowest BCUT2D eigenvalue weighted by Crippen LogP contribution is -2.47. The summed E-state index contributed by atoms with van der Waals surface area (Å²) in [5.74, 6) is 0.859. The molecule has 2 aromatic heterocycles. The second kappa shape index (κ2) is 9.26. The first-order valence-corrected chi connectivity index (χ1v) is 9.79. The number of piperazine rings is 1. The number of para-hydroxylation sites is 1. The van der Waals surface area contributed by atoms with Crippen LogP contribution in [-0.2, 0) is 6.42 Å². The van der Waals surface area contributed by atoms with Crippen LogP contribution >= 0.6 is 23.7 Å². The first-order chi connectivity index (χ1) is 12.4. The Morgan fingerprint density at radius 1 is 0.923 bits per heavy atom. The van der Waals surface area contributed by atoms with Gasteiger partial charge in [-0.25, -0.2) is 15.0 Å². The minimum Gasteiger partial charge on any atom is -0.338 e. The fourth-order valence-corrected chi connectivity index (χ4v) is 4.27. The lowest BCUT2D eigenvalue weighted by atomic mass is 10.2. The molecule has 0 bridgehead atoms. The standard InChI is InChI=1S/C19H23N5S.ClH/c1-2-7-17-16(6-1)22-18(25-17)8-3-4-11-23-12-14-24(15-13-23)19-20-9-5-10-21-19;/h1-2,5-7,9-10H,3-4,8,11-15H2;1H. The monoisotopic (exact) mass is 389 g/mol. The van der Waals surface area contributed by atoms with E-state index >= 15 is 0 Å². The highest BCUT2D eigenvalue weighted by molar-refractivity contribution is 7.18. The van der Waals surface area contributed by atoms with Crippen LogP contribution in [-0.4, -0.2) is 52.6 Å². The number of fused-ring (bicyclic) bond motifs is 1. The molecule has 0 N–H and O–H groups in total. The van der Waals surface area contributed by atoms with Crippen LogP contribution in [0.15, 0.2) is 42.7 Å². The summed E-state index contributed by atoms with van der Waals surface area (Å²) in [5, 5.41) is 1.27. The summed E-state index contributed by atoms with van der Waals surface area (Å²) in [6.07, 6.45) is 7.17. The van der Waals surface area contributed by atoms with E-state index < -0.39 is 0 Å². The predicted molar refractivity (Wildman–Crippen MR) is 110 cm³/mol. The molecule has 0 amide bonds. The Bertz CT molecular complexity index is 769. The van der Waals surface area contributed by atoms with Crippen LogP contribution in [0.2, 0.25) is 0 Å². The van der Waals surface area contributed by atoms with Crippen molar-refractivity contribution in [3.8, 4) is 0 Å². The molecule has 5 nitrogen and oxygen atoms in total. The number of hydrogen-bond acceptors (Lipinski definition) is 6. The van der Waals surface area contributed by atoms with Gasteiger partial charge in [0.25, 0.3) is 0 Å². The van der Waals surface area contributed by atoms with Gasteiger partial charge in [0.1, 0.15) is 0 Å². The highest BCUT2D eigenvalue weighted by Gasteiger charge is 2.18. The maximum Gasteiger partial charge on any atom is 0.225 e. The Hall–Kier alpha value is -1.76. The van der Waals surface area contributed by atoms with E-state index in [0.29, 0.717) is 0 Å². The van der Waals surface area contributed by atoms with Crippen LogP contribution in [0.4, 0.5) is 5.95 Å². The molecule has 0 atom stereocenters. The summed E-state index contributed by atoms with van der Waals surface area (Å²) in [5.41, 5.74) is 1.14. The number of aryl methyl sites for hydroxylation is 1. The number of aromatic nitrogens is 3. The van der Waals surface area contributed by atoms with E-state index in [-0.39, 0.29) is 12.4 Å². The van der Waals surface area contributed by atoms with Gasteiger partial charge in [0, 0.05) is 38.6 Å². The first-order valence-electron chi connectivity index (χ1n) is 8.97. The zero-order chi connectivity index (χ0) is 16.9. The lowest BCUT2D eigenvalue weighted by molar-refractivity contribution is 0.252. The number of anilines is 1. The first kappa shape index (κ1) is 19.0. The van der Waals surface area contributed by atoms with E-state index in [2.05, 4.69) is 44.0 Å². The highest BCUT2D eigenvalue weighted by atomic mass is 35.5. The molecule has 0 aliphatic carbocycles. The minimum atomic E-state index is 0. The van der Waals surface area contributed by atoms with Gasteiger partial charge in [-0.2, -0.15) is 0 Å². The average molecular weight is 390 g/mol. The number of nitrogens with zero attached hydrogens (tertiary/aromatic N) is 5. The van der Waals surface area contributed by atoms with Crippen LogP contribution in [0.25, 0.3) is 10.2 Å². The summed E-state index contributed by atoms with van der Waals surface area (Å²) in [6.45, 7) is 5.40. The number of unbranched alkanes of at least 4 members (excludes halogenated alkanes) is 1. The molecule has 1 aliphatic rings. The number of rotatable bonds is 6. The molecule has 1 aromatic carbocycles. The second-order valence-corrected chi connectivity index (χ2v) is 7.53. The van der Waals surface area contributed by atoms with Crippen LogP contribution in [0.5, 0.6) is 0 Å². The van der Waals surface area contributed by atoms with Gasteiger partial charge in [-0.3, -0.25) is 4.90 Å². The van der Waals surface area contributed by atoms with Crippen molar-refractivity contribution >= 4 is 39.9 Å². The Balaban J connectivity index is 0.00000196. The zero-order valence-electron chi connectivity index (χ0n) is 14.8. The molecule has 0 radical (unpaired) electrons. The van der Waals surface area contributed by atoms with Gasteiger partial charge in [0.2, 0.25) is 5.95 Å². The van der Waals surface area contributed by atoms with E-state index in [9.17, 15) is 0 Å². The van der Waals surface area contributed by atoms with Gasteiger partial charge in [0.05, 0.1) is 15.2 Å². The van der Waals surface area contributed by atoms with Crippen molar-refractivity contribution in [2.45, 2.75) is 19.3 Å². The molecule has 0 spiro atoms. The van der Waals surface area contributed by atoms with Crippen molar-refractivity contribution in [2.75, 3.05) is 37.6 Å². The predicted octanol–water partition coefficient (Wildman–Crippen LogP) is 3.65. The van der Waals surface area contributed by atoms with Gasteiger partial charge >= 0.3 is 0 Å². The Kier molecular flexibility index (Phi) is 6.77. The molecule has 1 fully saturated rings. The van der Waals surface area contributed by atoms with Crippen molar-refractivity contribution in [3.63, 3.8) is 0 Å². The molecule has 3 aromatic rings. The van der Waals surface area contributed by atoms with Gasteiger partial charge in [-0.15, -0.1) is 23.7 Å². The van der Waals surface area contributed by atoms with Crippen molar-refractivity contribution in [1.29, 1.82) is 0 Å². The SMILES string of the molecule is Cl.c1cnc(N2CCN(CCCCc3nc4ccccc4s3)CC2)nc1. The molecular formula is C19H24ClN5S. The van der Waals surface area contributed by atoms with Gasteiger partial charge < -0.3 is 4.90 Å². The fourth-order valence-electron chi connectivity index (χ4n) is 3.26. The van der Waals surface area contributed by atoms with Crippen molar-refractivity contribution < 1.29 is 0 Å². The lowest BCUT2D eigenvalue weighted by Gasteiger charge is -2.34. The van der Waals surface area contributed by atoms with Crippen molar-refractivity contribution in [2.24, 2.45) is 0 Å². The number of halogens is 1. The van der Waals surface area contributed by atoms with E-state index in [1.807, 2.05) is 29.8 Å². The summed E-state index contributed by atoms with van der Waals surface area (Å²) < 4.78 is 1.30. The van der Waals surface area contributed by atoms with Crippen LogP contribution in [0.3, 0.4) is 0 Å². The van der Waals surface area contributed by atoms with Gasteiger partial charge in [-0.1, -0.05) is 12.1 Å². The largest absolute Gasteiger partial charge is 0.338 e. The molecule has 7 heteroatoms.